The first-order valence-corrected chi connectivity index (χ1v) is 3.35. The Balaban J connectivity index is 2.46. The second kappa shape index (κ2) is 3.11. The minimum Gasteiger partial charge on any atom is -0.299 e. The lowest BCUT2D eigenvalue weighted by Crippen LogP contribution is -2.25. The van der Waals surface area contributed by atoms with Crippen molar-refractivity contribution < 1.29 is 0 Å². The van der Waals surface area contributed by atoms with E-state index < -0.39 is 0 Å². The van der Waals surface area contributed by atoms with Gasteiger partial charge >= 0.3 is 0 Å². The van der Waals surface area contributed by atoms with Crippen molar-refractivity contribution in [3.05, 3.63) is 36.7 Å². The topological polar surface area (TPSA) is 15.3 Å². The number of hydrogen-bond donors (Lipinski definition) is 1. The summed E-state index contributed by atoms with van der Waals surface area (Å²) in [5.74, 6) is 0. The summed E-state index contributed by atoms with van der Waals surface area (Å²) in [7, 11) is 0. The van der Waals surface area contributed by atoms with Crippen molar-refractivity contribution in [2.75, 3.05) is 6.54 Å². The number of rotatable bonds is 2. The molecule has 1 heterocycles. The Morgan fingerprint density at radius 2 is 2.60 bits per heavy atom. The molecule has 54 valence electrons. The van der Waals surface area contributed by atoms with Crippen LogP contribution in [-0.4, -0.2) is 11.6 Å². The monoisotopic (exact) mass is 136 g/mol. The summed E-state index contributed by atoms with van der Waals surface area (Å²) in [5, 5.41) is 1.93. The SMILES string of the molecule is C=CN1CC=C(/C=C/C)N1. The quantitative estimate of drug-likeness (QED) is 0.617. The van der Waals surface area contributed by atoms with Gasteiger partial charge in [-0.25, -0.2) is 0 Å². The molecule has 0 saturated heterocycles. The zero-order valence-electron chi connectivity index (χ0n) is 6.17. The summed E-state index contributed by atoms with van der Waals surface area (Å²) in [6, 6.07) is 0. The van der Waals surface area contributed by atoms with Gasteiger partial charge in [-0.1, -0.05) is 12.7 Å². The number of hydrazine groups is 1. The third kappa shape index (κ3) is 1.41. The predicted octanol–water partition coefficient (Wildman–Crippen LogP) is 1.41. The fourth-order valence-electron chi connectivity index (χ4n) is 0.859. The highest BCUT2D eigenvalue weighted by molar-refractivity contribution is 5.19. The average Bonchev–Trinajstić information content (AvgIpc) is 2.37. The van der Waals surface area contributed by atoms with Crippen LogP contribution in [0.2, 0.25) is 0 Å². The molecule has 10 heavy (non-hydrogen) atoms. The van der Waals surface area contributed by atoms with E-state index in [0.29, 0.717) is 0 Å². The summed E-state index contributed by atoms with van der Waals surface area (Å²) < 4.78 is 0. The highest BCUT2D eigenvalue weighted by atomic mass is 15.5. The Kier molecular flexibility index (Phi) is 2.15. The van der Waals surface area contributed by atoms with E-state index in [2.05, 4.69) is 18.1 Å². The van der Waals surface area contributed by atoms with Gasteiger partial charge in [0.25, 0.3) is 0 Å². The number of allylic oxidation sites excluding steroid dienone is 2. The number of nitrogens with one attached hydrogen (secondary N) is 1. The molecule has 0 bridgehead atoms. The maximum atomic E-state index is 3.64. The highest BCUT2D eigenvalue weighted by Gasteiger charge is 2.03. The molecule has 2 nitrogen and oxygen atoms in total. The van der Waals surface area contributed by atoms with Gasteiger partial charge in [-0.2, -0.15) is 0 Å². The lowest BCUT2D eigenvalue weighted by atomic mass is 10.4. The summed E-state index contributed by atoms with van der Waals surface area (Å²) in [5.41, 5.74) is 4.27. The van der Waals surface area contributed by atoms with Gasteiger partial charge in [-0.3, -0.25) is 10.4 Å². The van der Waals surface area contributed by atoms with Crippen LogP contribution >= 0.6 is 0 Å². The number of hydrogen-bond acceptors (Lipinski definition) is 2. The Labute approximate surface area is 61.5 Å². The Morgan fingerprint density at radius 1 is 1.80 bits per heavy atom. The fourth-order valence-corrected chi connectivity index (χ4v) is 0.859. The Morgan fingerprint density at radius 3 is 3.10 bits per heavy atom. The maximum Gasteiger partial charge on any atom is 0.0591 e. The van der Waals surface area contributed by atoms with Crippen molar-refractivity contribution in [3.63, 3.8) is 0 Å². The zero-order valence-corrected chi connectivity index (χ0v) is 6.17. The highest BCUT2D eigenvalue weighted by Crippen LogP contribution is 2.02. The van der Waals surface area contributed by atoms with Crippen LogP contribution in [0.4, 0.5) is 0 Å². The van der Waals surface area contributed by atoms with Gasteiger partial charge in [-0.05, 0) is 19.1 Å². The summed E-state index contributed by atoms with van der Waals surface area (Å²) in [4.78, 5) is 0. The fraction of sp³-hybridized carbons (Fsp3) is 0.250. The van der Waals surface area contributed by atoms with E-state index in [0.717, 1.165) is 12.2 Å². The molecular weight excluding hydrogens is 124 g/mol. The number of nitrogens with zero attached hydrogens (tertiary/aromatic N) is 1. The van der Waals surface area contributed by atoms with Gasteiger partial charge in [0.1, 0.15) is 0 Å². The molecule has 0 spiro atoms. The third-order valence-corrected chi connectivity index (χ3v) is 1.35. The molecule has 0 amide bonds. The summed E-state index contributed by atoms with van der Waals surface area (Å²) >= 11 is 0. The first kappa shape index (κ1) is 6.93. The lowest BCUT2D eigenvalue weighted by molar-refractivity contribution is 0.370. The predicted molar refractivity (Wildman–Crippen MR) is 42.9 cm³/mol. The Bertz CT molecular complexity index is 180. The van der Waals surface area contributed by atoms with E-state index in [4.69, 9.17) is 0 Å². The van der Waals surface area contributed by atoms with E-state index >= 15 is 0 Å². The van der Waals surface area contributed by atoms with Crippen LogP contribution in [0.5, 0.6) is 0 Å². The first-order chi connectivity index (χ1) is 4.86. The lowest BCUT2D eigenvalue weighted by Gasteiger charge is -2.12. The van der Waals surface area contributed by atoms with Crippen molar-refractivity contribution >= 4 is 0 Å². The second-order valence-corrected chi connectivity index (χ2v) is 2.11. The van der Waals surface area contributed by atoms with E-state index in [1.807, 2.05) is 24.1 Å². The smallest absolute Gasteiger partial charge is 0.0591 e. The molecule has 0 aromatic heterocycles. The molecule has 0 radical (unpaired) electrons. The summed E-state index contributed by atoms with van der Waals surface area (Å²) in [6.07, 6.45) is 7.92. The van der Waals surface area contributed by atoms with E-state index in [1.54, 1.807) is 6.20 Å². The minimum absolute atomic E-state index is 0.906. The molecule has 0 aromatic carbocycles. The van der Waals surface area contributed by atoms with Crippen molar-refractivity contribution in [2.24, 2.45) is 0 Å². The van der Waals surface area contributed by atoms with Crippen LogP contribution in [-0.2, 0) is 0 Å². The molecule has 1 N–H and O–H groups in total. The standard InChI is InChI=1S/C8H12N2/c1-3-5-8-6-7-10(4-2)9-8/h3-6,9H,2,7H2,1H3/b5-3+. The first-order valence-electron chi connectivity index (χ1n) is 3.35. The van der Waals surface area contributed by atoms with Gasteiger partial charge in [0, 0.05) is 6.20 Å². The third-order valence-electron chi connectivity index (χ3n) is 1.35. The molecule has 0 unspecified atom stereocenters. The van der Waals surface area contributed by atoms with Crippen LogP contribution in [0, 0.1) is 0 Å². The Hall–Kier alpha value is -1.18. The summed E-state index contributed by atoms with van der Waals surface area (Å²) in [6.45, 7) is 6.55. The molecule has 0 atom stereocenters. The molecule has 1 aliphatic heterocycles. The van der Waals surface area contributed by atoms with Gasteiger partial charge in [0.2, 0.25) is 0 Å². The van der Waals surface area contributed by atoms with Crippen molar-refractivity contribution in [1.29, 1.82) is 0 Å². The average molecular weight is 136 g/mol. The molecule has 2 heteroatoms. The molecule has 0 saturated carbocycles. The van der Waals surface area contributed by atoms with Crippen molar-refractivity contribution in [1.82, 2.24) is 10.4 Å². The second-order valence-electron chi connectivity index (χ2n) is 2.11. The van der Waals surface area contributed by atoms with Crippen LogP contribution in [0.3, 0.4) is 0 Å². The van der Waals surface area contributed by atoms with Crippen LogP contribution < -0.4 is 5.43 Å². The normalized spacial score (nSPS) is 17.3. The van der Waals surface area contributed by atoms with Crippen LogP contribution in [0.25, 0.3) is 0 Å². The zero-order chi connectivity index (χ0) is 7.40. The molecule has 0 aromatic rings. The van der Waals surface area contributed by atoms with Gasteiger partial charge in [0.15, 0.2) is 0 Å². The molecule has 1 rings (SSSR count). The van der Waals surface area contributed by atoms with Gasteiger partial charge in [-0.15, -0.1) is 0 Å². The molecular formula is C8H12N2. The van der Waals surface area contributed by atoms with E-state index in [-0.39, 0.29) is 0 Å². The van der Waals surface area contributed by atoms with E-state index in [9.17, 15) is 0 Å². The molecule has 0 fully saturated rings. The van der Waals surface area contributed by atoms with Crippen molar-refractivity contribution in [3.8, 4) is 0 Å². The van der Waals surface area contributed by atoms with Gasteiger partial charge < -0.3 is 0 Å². The molecule has 1 aliphatic rings. The van der Waals surface area contributed by atoms with Crippen molar-refractivity contribution in [2.45, 2.75) is 6.92 Å². The largest absolute Gasteiger partial charge is 0.299 e. The van der Waals surface area contributed by atoms with Crippen LogP contribution in [0.1, 0.15) is 6.92 Å². The van der Waals surface area contributed by atoms with E-state index in [1.165, 1.54) is 0 Å². The minimum atomic E-state index is 0.906. The van der Waals surface area contributed by atoms with Gasteiger partial charge in [0.05, 0.1) is 12.2 Å². The maximum absolute atomic E-state index is 3.64. The van der Waals surface area contributed by atoms with Crippen LogP contribution in [0.15, 0.2) is 36.7 Å². The molecule has 0 aliphatic carbocycles.